The van der Waals surface area contributed by atoms with Crippen LogP contribution in [0.4, 0.5) is 4.39 Å². The van der Waals surface area contributed by atoms with Crippen molar-refractivity contribution in [3.05, 3.63) is 35.1 Å². The maximum atomic E-state index is 12.7. The van der Waals surface area contributed by atoms with Crippen LogP contribution in [0.5, 0.6) is 0 Å². The van der Waals surface area contributed by atoms with Crippen LogP contribution in [0.25, 0.3) is 0 Å². The highest BCUT2D eigenvalue weighted by molar-refractivity contribution is 5.74. The fraction of sp³-hybridized carbons (Fsp3) is 0.100. The van der Waals surface area contributed by atoms with E-state index in [1.54, 1.807) is 0 Å². The van der Waals surface area contributed by atoms with Crippen molar-refractivity contribution in [2.75, 3.05) is 0 Å². The molecule has 1 rings (SSSR count). The summed E-state index contributed by atoms with van der Waals surface area (Å²) in [5, 5.41) is 0. The molecule has 13 heavy (non-hydrogen) atoms. The Labute approximate surface area is 75.6 Å². The topological polar surface area (TPSA) is 43.1 Å². The van der Waals surface area contributed by atoms with E-state index >= 15 is 0 Å². The quantitative estimate of drug-likeness (QED) is 0.510. The number of hydrogen-bond donors (Lipinski definition) is 1. The van der Waals surface area contributed by atoms with Crippen molar-refractivity contribution in [2.45, 2.75) is 6.54 Å². The maximum Gasteiger partial charge on any atom is 0.193 e. The van der Waals surface area contributed by atoms with Crippen LogP contribution in [0, 0.1) is 17.7 Å². The molecule has 1 aromatic rings. The molecule has 0 amide bonds. The van der Waals surface area contributed by atoms with E-state index in [-0.39, 0.29) is 12.4 Å². The van der Waals surface area contributed by atoms with Crippen LogP contribution >= 0.6 is 0 Å². The molecule has 2 N–H and O–H groups in total. The maximum absolute atomic E-state index is 12.7. The summed E-state index contributed by atoms with van der Waals surface area (Å²) in [6.45, 7) is 0.209. The van der Waals surface area contributed by atoms with E-state index in [1.165, 1.54) is 18.2 Å². The molecule has 0 aliphatic carbocycles. The number of benzene rings is 1. The SMILES string of the molecule is NCc1cc(F)ccc1C#CC=O. The first kappa shape index (κ1) is 9.43. The van der Waals surface area contributed by atoms with Crippen molar-refractivity contribution in [1.29, 1.82) is 0 Å². The lowest BCUT2D eigenvalue weighted by Gasteiger charge is -1.99. The molecule has 0 aliphatic heterocycles. The molecule has 0 unspecified atom stereocenters. The molecule has 0 aromatic heterocycles. The molecule has 2 nitrogen and oxygen atoms in total. The molecule has 3 heteroatoms. The minimum atomic E-state index is -0.350. The van der Waals surface area contributed by atoms with Crippen molar-refractivity contribution >= 4 is 6.29 Å². The summed E-state index contributed by atoms with van der Waals surface area (Å²) in [7, 11) is 0. The summed E-state index contributed by atoms with van der Waals surface area (Å²) in [4.78, 5) is 9.97. The molecule has 0 bridgehead atoms. The van der Waals surface area contributed by atoms with Gasteiger partial charge < -0.3 is 5.73 Å². The molecule has 0 fully saturated rings. The van der Waals surface area contributed by atoms with Crippen molar-refractivity contribution in [1.82, 2.24) is 0 Å². The predicted octanol–water partition coefficient (Wildman–Crippen LogP) is 0.835. The van der Waals surface area contributed by atoms with Crippen LogP contribution < -0.4 is 5.73 Å². The molecule has 0 atom stereocenters. The third-order valence-corrected chi connectivity index (χ3v) is 1.55. The molecule has 0 saturated heterocycles. The lowest BCUT2D eigenvalue weighted by Crippen LogP contribution is -2.00. The summed E-state index contributed by atoms with van der Waals surface area (Å²) < 4.78 is 12.7. The first-order chi connectivity index (χ1) is 6.27. The fourth-order valence-corrected chi connectivity index (χ4v) is 0.960. The molecule has 0 heterocycles. The summed E-state index contributed by atoms with van der Waals surface area (Å²) in [6, 6.07) is 4.11. The third kappa shape index (κ3) is 2.39. The highest BCUT2D eigenvalue weighted by Crippen LogP contribution is 2.09. The van der Waals surface area contributed by atoms with Crippen LogP contribution in [-0.4, -0.2) is 6.29 Å². The summed E-state index contributed by atoms with van der Waals surface area (Å²) in [6.07, 6.45) is 0.490. The van der Waals surface area contributed by atoms with Gasteiger partial charge in [0, 0.05) is 12.1 Å². The van der Waals surface area contributed by atoms with E-state index in [4.69, 9.17) is 5.73 Å². The predicted molar refractivity (Wildman–Crippen MR) is 47.2 cm³/mol. The van der Waals surface area contributed by atoms with E-state index in [2.05, 4.69) is 11.8 Å². The van der Waals surface area contributed by atoms with Gasteiger partial charge in [-0.15, -0.1) is 0 Å². The number of nitrogens with two attached hydrogens (primary N) is 1. The average Bonchev–Trinajstić information content (AvgIpc) is 2.16. The molecule has 0 spiro atoms. The van der Waals surface area contributed by atoms with Crippen molar-refractivity contribution < 1.29 is 9.18 Å². The second kappa shape index (κ2) is 4.39. The Kier molecular flexibility index (Phi) is 3.18. The lowest BCUT2D eigenvalue weighted by atomic mass is 10.1. The Morgan fingerprint density at radius 1 is 1.54 bits per heavy atom. The third-order valence-electron chi connectivity index (χ3n) is 1.55. The van der Waals surface area contributed by atoms with Crippen LogP contribution in [-0.2, 0) is 11.3 Å². The first-order valence-corrected chi connectivity index (χ1v) is 3.71. The molecule has 0 aliphatic rings. The number of carbonyl (C=O) groups excluding carboxylic acids is 1. The van der Waals surface area contributed by atoms with Gasteiger partial charge in [-0.1, -0.05) is 5.92 Å². The fourth-order valence-electron chi connectivity index (χ4n) is 0.960. The Morgan fingerprint density at radius 2 is 2.31 bits per heavy atom. The van der Waals surface area contributed by atoms with Gasteiger partial charge in [0.15, 0.2) is 6.29 Å². The second-order valence-corrected chi connectivity index (χ2v) is 2.39. The highest BCUT2D eigenvalue weighted by Gasteiger charge is 1.99. The summed E-state index contributed by atoms with van der Waals surface area (Å²) >= 11 is 0. The van der Waals surface area contributed by atoms with Gasteiger partial charge in [0.25, 0.3) is 0 Å². The van der Waals surface area contributed by atoms with E-state index in [0.29, 0.717) is 17.4 Å². The van der Waals surface area contributed by atoms with E-state index in [9.17, 15) is 9.18 Å². The zero-order valence-electron chi connectivity index (χ0n) is 6.88. The number of aldehydes is 1. The van der Waals surface area contributed by atoms with E-state index in [1.807, 2.05) is 0 Å². The number of carbonyl (C=O) groups is 1. The molecule has 66 valence electrons. The van der Waals surface area contributed by atoms with Gasteiger partial charge >= 0.3 is 0 Å². The van der Waals surface area contributed by atoms with Gasteiger partial charge in [0.1, 0.15) is 5.82 Å². The smallest absolute Gasteiger partial charge is 0.193 e. The van der Waals surface area contributed by atoms with Gasteiger partial charge in [-0.2, -0.15) is 0 Å². The van der Waals surface area contributed by atoms with Crippen LogP contribution in [0.1, 0.15) is 11.1 Å². The van der Waals surface area contributed by atoms with Gasteiger partial charge in [0.05, 0.1) is 0 Å². The monoisotopic (exact) mass is 177 g/mol. The minimum Gasteiger partial charge on any atom is -0.326 e. The van der Waals surface area contributed by atoms with Gasteiger partial charge in [-0.05, 0) is 29.7 Å². The average molecular weight is 177 g/mol. The van der Waals surface area contributed by atoms with Crippen LogP contribution in [0.15, 0.2) is 18.2 Å². The standard InChI is InChI=1S/C10H8FNO/c11-10-4-3-8(2-1-5-13)9(6-10)7-12/h3-6H,7,12H2. The second-order valence-electron chi connectivity index (χ2n) is 2.39. The Bertz CT molecular complexity index is 376. The Balaban J connectivity index is 3.13. The van der Waals surface area contributed by atoms with E-state index in [0.717, 1.165) is 0 Å². The van der Waals surface area contributed by atoms with Crippen LogP contribution in [0.2, 0.25) is 0 Å². The Morgan fingerprint density at radius 3 is 2.92 bits per heavy atom. The number of rotatable bonds is 1. The summed E-state index contributed by atoms with van der Waals surface area (Å²) in [5.74, 6) is 4.48. The number of hydrogen-bond acceptors (Lipinski definition) is 2. The molecule has 0 radical (unpaired) electrons. The van der Waals surface area contributed by atoms with Crippen molar-refractivity contribution in [3.63, 3.8) is 0 Å². The summed E-state index contributed by atoms with van der Waals surface area (Å²) in [5.41, 5.74) is 6.57. The normalized spacial score (nSPS) is 8.77. The first-order valence-electron chi connectivity index (χ1n) is 3.71. The van der Waals surface area contributed by atoms with Crippen molar-refractivity contribution in [3.8, 4) is 11.8 Å². The van der Waals surface area contributed by atoms with Crippen LogP contribution in [0.3, 0.4) is 0 Å². The van der Waals surface area contributed by atoms with E-state index < -0.39 is 0 Å². The molecular formula is C10H8FNO. The van der Waals surface area contributed by atoms with Gasteiger partial charge in [-0.3, -0.25) is 4.79 Å². The zero-order valence-corrected chi connectivity index (χ0v) is 6.88. The minimum absolute atomic E-state index is 0.209. The van der Waals surface area contributed by atoms with Crippen molar-refractivity contribution in [2.24, 2.45) is 5.73 Å². The van der Waals surface area contributed by atoms with Gasteiger partial charge in [-0.25, -0.2) is 4.39 Å². The molecule has 1 aromatic carbocycles. The zero-order chi connectivity index (χ0) is 9.68. The molecular weight excluding hydrogens is 169 g/mol. The van der Waals surface area contributed by atoms with Gasteiger partial charge in [0.2, 0.25) is 0 Å². The lowest BCUT2D eigenvalue weighted by molar-refractivity contribution is -0.103. The Hall–Kier alpha value is -1.66. The highest BCUT2D eigenvalue weighted by atomic mass is 19.1. The number of halogens is 1. The largest absolute Gasteiger partial charge is 0.326 e. The molecule has 0 saturated carbocycles.